The molecule has 2 aromatic carbocycles. The van der Waals surface area contributed by atoms with Gasteiger partial charge in [-0.2, -0.15) is 9.78 Å². The van der Waals surface area contributed by atoms with Crippen LogP contribution in [0.2, 0.25) is 0 Å². The molecule has 0 spiro atoms. The van der Waals surface area contributed by atoms with Crippen LogP contribution in [0.1, 0.15) is 29.9 Å². The van der Waals surface area contributed by atoms with E-state index in [0.717, 1.165) is 28.1 Å². The number of nitrogens with one attached hydrogen (secondary N) is 1. The number of carbonyl (C=O) groups is 1. The lowest BCUT2D eigenvalue weighted by atomic mass is 10.2. The predicted octanol–water partition coefficient (Wildman–Crippen LogP) is 3.69. The summed E-state index contributed by atoms with van der Waals surface area (Å²) in [5.41, 5.74) is 2.98. The normalized spacial score (nSPS) is 12.0. The summed E-state index contributed by atoms with van der Waals surface area (Å²) in [5, 5.41) is 8.68. The largest absolute Gasteiger partial charge is 0.496 e. The molecule has 2 aromatic heterocycles. The van der Waals surface area contributed by atoms with Crippen molar-refractivity contribution in [1.82, 2.24) is 19.7 Å². The zero-order valence-electron chi connectivity index (χ0n) is 18.6. The smallest absolute Gasteiger partial charge is 0.281 e. The van der Waals surface area contributed by atoms with Crippen molar-refractivity contribution in [1.29, 1.82) is 0 Å². The minimum atomic E-state index is -0.498. The van der Waals surface area contributed by atoms with Gasteiger partial charge in [0, 0.05) is 28.9 Å². The molecule has 0 aliphatic heterocycles. The van der Waals surface area contributed by atoms with Crippen molar-refractivity contribution < 1.29 is 9.53 Å². The molecule has 1 amide bonds. The molecular formula is C25H26N4O3. The second kappa shape index (κ2) is 8.70. The number of ether oxygens (including phenoxy) is 1. The standard InChI is InChI=1S/C25H26N4O3/c1-16-21-15-27-29(20-11-6-5-7-12-20)25(31)23(21)17(2)28(16)18(3)24(30)26-14-19-10-8-9-13-22(19)32-4/h5-13,15,18H,14H2,1-4H3,(H,26,30)/t18-/m1/s1. The van der Waals surface area contributed by atoms with E-state index in [0.29, 0.717) is 17.6 Å². The second-order valence-corrected chi connectivity index (χ2v) is 7.73. The monoisotopic (exact) mass is 430 g/mol. The third-order valence-corrected chi connectivity index (χ3v) is 5.87. The highest BCUT2D eigenvalue weighted by Gasteiger charge is 2.23. The lowest BCUT2D eigenvalue weighted by Gasteiger charge is -2.18. The molecule has 7 nitrogen and oxygen atoms in total. The first-order valence-electron chi connectivity index (χ1n) is 10.5. The summed E-state index contributed by atoms with van der Waals surface area (Å²) < 4.78 is 8.66. The summed E-state index contributed by atoms with van der Waals surface area (Å²) in [5.74, 6) is 0.589. The number of para-hydroxylation sites is 2. The van der Waals surface area contributed by atoms with Crippen LogP contribution >= 0.6 is 0 Å². The van der Waals surface area contributed by atoms with Gasteiger partial charge in [-0.3, -0.25) is 9.59 Å². The van der Waals surface area contributed by atoms with E-state index in [2.05, 4.69) is 10.4 Å². The van der Waals surface area contributed by atoms with Gasteiger partial charge in [0.15, 0.2) is 0 Å². The fourth-order valence-corrected chi connectivity index (χ4v) is 4.21. The number of rotatable bonds is 6. The molecule has 32 heavy (non-hydrogen) atoms. The molecule has 0 aliphatic carbocycles. The Labute approximate surface area is 186 Å². The topological polar surface area (TPSA) is 78.2 Å². The number of hydrogen-bond donors (Lipinski definition) is 1. The maximum absolute atomic E-state index is 13.3. The van der Waals surface area contributed by atoms with Gasteiger partial charge < -0.3 is 14.6 Å². The zero-order valence-corrected chi connectivity index (χ0v) is 18.6. The molecular weight excluding hydrogens is 404 g/mol. The summed E-state index contributed by atoms with van der Waals surface area (Å²) in [4.78, 5) is 26.3. The molecule has 0 saturated carbocycles. The number of aryl methyl sites for hydroxylation is 2. The molecule has 164 valence electrons. The Morgan fingerprint density at radius 3 is 2.47 bits per heavy atom. The van der Waals surface area contributed by atoms with Crippen molar-refractivity contribution in [2.24, 2.45) is 0 Å². The van der Waals surface area contributed by atoms with Crippen LogP contribution in [0.15, 0.2) is 65.6 Å². The van der Waals surface area contributed by atoms with E-state index < -0.39 is 6.04 Å². The quantitative estimate of drug-likeness (QED) is 0.506. The summed E-state index contributed by atoms with van der Waals surface area (Å²) in [6.45, 7) is 5.97. The Morgan fingerprint density at radius 2 is 1.75 bits per heavy atom. The summed E-state index contributed by atoms with van der Waals surface area (Å²) >= 11 is 0. The van der Waals surface area contributed by atoms with Gasteiger partial charge in [-0.05, 0) is 39.0 Å². The minimum Gasteiger partial charge on any atom is -0.496 e. The van der Waals surface area contributed by atoms with Gasteiger partial charge in [0.1, 0.15) is 11.8 Å². The van der Waals surface area contributed by atoms with E-state index in [-0.39, 0.29) is 11.5 Å². The van der Waals surface area contributed by atoms with Crippen molar-refractivity contribution in [3.05, 3.63) is 88.1 Å². The van der Waals surface area contributed by atoms with Gasteiger partial charge in [-0.1, -0.05) is 36.4 Å². The molecule has 4 rings (SSSR count). The number of hydrogen-bond acceptors (Lipinski definition) is 4. The van der Waals surface area contributed by atoms with Crippen LogP contribution in [0, 0.1) is 13.8 Å². The van der Waals surface area contributed by atoms with Gasteiger partial charge in [0.25, 0.3) is 5.56 Å². The first-order valence-corrected chi connectivity index (χ1v) is 10.5. The van der Waals surface area contributed by atoms with Gasteiger partial charge in [-0.25, -0.2) is 0 Å². The van der Waals surface area contributed by atoms with Crippen molar-refractivity contribution in [3.8, 4) is 11.4 Å². The molecule has 7 heteroatoms. The highest BCUT2D eigenvalue weighted by Crippen LogP contribution is 2.26. The molecule has 0 radical (unpaired) electrons. The molecule has 0 unspecified atom stereocenters. The van der Waals surface area contributed by atoms with Gasteiger partial charge >= 0.3 is 0 Å². The fraction of sp³-hybridized carbons (Fsp3) is 0.240. The van der Waals surface area contributed by atoms with Crippen molar-refractivity contribution >= 4 is 16.7 Å². The molecule has 1 atom stereocenters. The van der Waals surface area contributed by atoms with E-state index >= 15 is 0 Å². The average Bonchev–Trinajstić information content (AvgIpc) is 3.08. The Bertz CT molecular complexity index is 1340. The lowest BCUT2D eigenvalue weighted by Crippen LogP contribution is -2.31. The highest BCUT2D eigenvalue weighted by molar-refractivity contribution is 5.89. The Morgan fingerprint density at radius 1 is 1.06 bits per heavy atom. The van der Waals surface area contributed by atoms with E-state index in [1.807, 2.05) is 79.9 Å². The average molecular weight is 431 g/mol. The number of benzene rings is 2. The Hall–Kier alpha value is -3.87. The van der Waals surface area contributed by atoms with Crippen LogP contribution in [-0.4, -0.2) is 27.4 Å². The van der Waals surface area contributed by atoms with Crippen molar-refractivity contribution in [2.75, 3.05) is 7.11 Å². The van der Waals surface area contributed by atoms with Crippen LogP contribution < -0.4 is 15.6 Å². The number of nitrogens with zero attached hydrogens (tertiary/aromatic N) is 3. The van der Waals surface area contributed by atoms with Crippen LogP contribution in [-0.2, 0) is 11.3 Å². The van der Waals surface area contributed by atoms with Gasteiger partial charge in [-0.15, -0.1) is 0 Å². The van der Waals surface area contributed by atoms with Crippen LogP contribution in [0.3, 0.4) is 0 Å². The maximum atomic E-state index is 13.3. The molecule has 0 bridgehead atoms. The van der Waals surface area contributed by atoms with E-state index in [9.17, 15) is 9.59 Å². The van der Waals surface area contributed by atoms with Gasteiger partial charge in [0.05, 0.1) is 24.4 Å². The third-order valence-electron chi connectivity index (χ3n) is 5.87. The summed E-state index contributed by atoms with van der Waals surface area (Å²) in [6.07, 6.45) is 1.70. The Kier molecular flexibility index (Phi) is 5.81. The predicted molar refractivity (Wildman–Crippen MR) is 124 cm³/mol. The van der Waals surface area contributed by atoms with Crippen molar-refractivity contribution in [2.45, 2.75) is 33.4 Å². The first kappa shape index (κ1) is 21.4. The van der Waals surface area contributed by atoms with E-state index in [1.54, 1.807) is 13.3 Å². The number of amides is 1. The number of methoxy groups -OCH3 is 1. The van der Waals surface area contributed by atoms with E-state index in [1.165, 1.54) is 4.68 Å². The maximum Gasteiger partial charge on any atom is 0.281 e. The number of fused-ring (bicyclic) bond motifs is 1. The third kappa shape index (κ3) is 3.66. The molecule has 4 aromatic rings. The number of aromatic nitrogens is 3. The lowest BCUT2D eigenvalue weighted by molar-refractivity contribution is -0.124. The SMILES string of the molecule is COc1ccccc1CNC(=O)[C@@H](C)n1c(C)c2cnn(-c3ccccc3)c(=O)c2c1C. The van der Waals surface area contributed by atoms with Crippen LogP contribution in [0.25, 0.3) is 16.5 Å². The summed E-state index contributed by atoms with van der Waals surface area (Å²) in [6, 6.07) is 16.4. The van der Waals surface area contributed by atoms with Crippen LogP contribution in [0.4, 0.5) is 0 Å². The number of carbonyl (C=O) groups excluding carboxylic acids is 1. The highest BCUT2D eigenvalue weighted by atomic mass is 16.5. The van der Waals surface area contributed by atoms with E-state index in [4.69, 9.17) is 4.74 Å². The minimum absolute atomic E-state index is 0.140. The molecule has 1 N–H and O–H groups in total. The molecule has 0 saturated heterocycles. The second-order valence-electron chi connectivity index (χ2n) is 7.73. The summed E-state index contributed by atoms with van der Waals surface area (Å²) in [7, 11) is 1.61. The fourth-order valence-electron chi connectivity index (χ4n) is 4.21. The molecule has 2 heterocycles. The Balaban J connectivity index is 1.67. The first-order chi connectivity index (χ1) is 15.4. The molecule has 0 aliphatic rings. The zero-order chi connectivity index (χ0) is 22.8. The van der Waals surface area contributed by atoms with Crippen LogP contribution in [0.5, 0.6) is 5.75 Å². The van der Waals surface area contributed by atoms with Crippen molar-refractivity contribution in [3.63, 3.8) is 0 Å². The van der Waals surface area contributed by atoms with Gasteiger partial charge in [0.2, 0.25) is 5.91 Å². The molecule has 0 fully saturated rings.